The molecule has 7 nitrogen and oxygen atoms in total. The molecule has 0 aliphatic heterocycles. The van der Waals surface area contributed by atoms with E-state index in [-0.39, 0.29) is 0 Å². The van der Waals surface area contributed by atoms with E-state index in [2.05, 4.69) is 51.6 Å². The Bertz CT molecular complexity index is 1140. The van der Waals surface area contributed by atoms with Crippen molar-refractivity contribution in [3.63, 3.8) is 0 Å². The van der Waals surface area contributed by atoms with Gasteiger partial charge in [-0.05, 0) is 41.8 Å². The standard InChI is InChI=1S/C21H22N6OS/c1-12(2)13-4-6-14(7-5-13)25-19-18(22)20(24-11-23-19)27-21-26-16-9-8-15(28-3)10-17(16)29-21/h4-12H,22H2,1-3H3,(H2,23,24,25,26,27). The van der Waals surface area contributed by atoms with Crippen molar-refractivity contribution >= 4 is 49.7 Å². The van der Waals surface area contributed by atoms with Crippen LogP contribution in [0.1, 0.15) is 25.3 Å². The van der Waals surface area contributed by atoms with Crippen LogP contribution >= 0.6 is 11.3 Å². The third kappa shape index (κ3) is 4.07. The van der Waals surface area contributed by atoms with Crippen LogP contribution in [-0.2, 0) is 0 Å². The number of rotatable bonds is 6. The van der Waals surface area contributed by atoms with E-state index in [0.29, 0.717) is 28.4 Å². The van der Waals surface area contributed by atoms with Gasteiger partial charge in [-0.25, -0.2) is 15.0 Å². The lowest BCUT2D eigenvalue weighted by Crippen LogP contribution is -2.05. The van der Waals surface area contributed by atoms with E-state index >= 15 is 0 Å². The van der Waals surface area contributed by atoms with Crippen LogP contribution in [-0.4, -0.2) is 22.1 Å². The average Bonchev–Trinajstić information content (AvgIpc) is 3.12. The molecular weight excluding hydrogens is 384 g/mol. The summed E-state index contributed by atoms with van der Waals surface area (Å²) in [6.45, 7) is 4.34. The molecule has 29 heavy (non-hydrogen) atoms. The summed E-state index contributed by atoms with van der Waals surface area (Å²) in [5.74, 6) is 2.33. The molecule has 0 bridgehead atoms. The lowest BCUT2D eigenvalue weighted by atomic mass is 10.0. The van der Waals surface area contributed by atoms with Crippen molar-refractivity contribution in [1.29, 1.82) is 0 Å². The Morgan fingerprint density at radius 2 is 1.72 bits per heavy atom. The lowest BCUT2D eigenvalue weighted by Gasteiger charge is -2.12. The third-order valence-electron chi connectivity index (χ3n) is 4.54. The summed E-state index contributed by atoms with van der Waals surface area (Å²) in [6, 6.07) is 14.0. The van der Waals surface area contributed by atoms with Crippen LogP contribution in [0.4, 0.5) is 28.1 Å². The normalized spacial score (nSPS) is 11.0. The maximum atomic E-state index is 6.30. The molecule has 0 saturated heterocycles. The Kier molecular flexibility index (Phi) is 5.18. The Morgan fingerprint density at radius 3 is 2.41 bits per heavy atom. The van der Waals surface area contributed by atoms with Crippen LogP contribution in [0.25, 0.3) is 10.2 Å². The maximum absolute atomic E-state index is 6.30. The molecule has 0 unspecified atom stereocenters. The monoisotopic (exact) mass is 406 g/mol. The highest BCUT2D eigenvalue weighted by Crippen LogP contribution is 2.33. The maximum Gasteiger partial charge on any atom is 0.189 e. The van der Waals surface area contributed by atoms with E-state index in [9.17, 15) is 0 Å². The number of nitrogens with one attached hydrogen (secondary N) is 2. The van der Waals surface area contributed by atoms with Gasteiger partial charge in [0.15, 0.2) is 16.8 Å². The molecule has 0 amide bonds. The van der Waals surface area contributed by atoms with Crippen molar-refractivity contribution in [3.05, 3.63) is 54.4 Å². The van der Waals surface area contributed by atoms with Gasteiger partial charge in [0, 0.05) is 5.69 Å². The van der Waals surface area contributed by atoms with E-state index in [4.69, 9.17) is 10.5 Å². The first-order chi connectivity index (χ1) is 14.0. The number of hydrogen-bond donors (Lipinski definition) is 3. The fraction of sp³-hybridized carbons (Fsp3) is 0.190. The quantitative estimate of drug-likeness (QED) is 0.400. The first-order valence-electron chi connectivity index (χ1n) is 9.22. The smallest absolute Gasteiger partial charge is 0.189 e. The van der Waals surface area contributed by atoms with Crippen molar-refractivity contribution in [2.75, 3.05) is 23.5 Å². The van der Waals surface area contributed by atoms with E-state index in [1.54, 1.807) is 7.11 Å². The van der Waals surface area contributed by atoms with Crippen molar-refractivity contribution < 1.29 is 4.74 Å². The Hall–Kier alpha value is -3.39. The van der Waals surface area contributed by atoms with E-state index < -0.39 is 0 Å². The number of hydrogen-bond acceptors (Lipinski definition) is 8. The summed E-state index contributed by atoms with van der Waals surface area (Å²) in [6.07, 6.45) is 1.47. The minimum absolute atomic E-state index is 0.428. The molecule has 0 saturated carbocycles. The molecule has 0 atom stereocenters. The van der Waals surface area contributed by atoms with Gasteiger partial charge in [-0.3, -0.25) is 0 Å². The number of anilines is 5. The molecule has 0 spiro atoms. The van der Waals surface area contributed by atoms with Gasteiger partial charge in [0.05, 0.1) is 17.3 Å². The lowest BCUT2D eigenvalue weighted by molar-refractivity contribution is 0.415. The predicted molar refractivity (Wildman–Crippen MR) is 120 cm³/mol. The molecule has 2 heterocycles. The number of thiazole rings is 1. The summed E-state index contributed by atoms with van der Waals surface area (Å²) >= 11 is 1.51. The second-order valence-corrected chi connectivity index (χ2v) is 7.89. The van der Waals surface area contributed by atoms with Gasteiger partial charge in [-0.1, -0.05) is 37.3 Å². The van der Waals surface area contributed by atoms with Crippen LogP contribution < -0.4 is 21.1 Å². The highest BCUT2D eigenvalue weighted by Gasteiger charge is 2.12. The molecule has 2 aromatic heterocycles. The molecule has 8 heteroatoms. The topological polar surface area (TPSA) is 98.0 Å². The van der Waals surface area contributed by atoms with Crippen LogP contribution in [0.15, 0.2) is 48.8 Å². The van der Waals surface area contributed by atoms with Crippen molar-refractivity contribution in [3.8, 4) is 5.75 Å². The summed E-state index contributed by atoms with van der Waals surface area (Å²) < 4.78 is 6.29. The molecule has 4 aromatic rings. The fourth-order valence-corrected chi connectivity index (χ4v) is 3.76. The summed E-state index contributed by atoms with van der Waals surface area (Å²) in [4.78, 5) is 13.1. The highest BCUT2D eigenvalue weighted by atomic mass is 32.1. The minimum Gasteiger partial charge on any atom is -0.497 e. The molecule has 2 aromatic carbocycles. The average molecular weight is 407 g/mol. The Labute approximate surface area is 173 Å². The zero-order valence-electron chi connectivity index (χ0n) is 16.4. The van der Waals surface area contributed by atoms with Crippen LogP contribution in [0.5, 0.6) is 5.75 Å². The number of ether oxygens (including phenoxy) is 1. The van der Waals surface area contributed by atoms with Gasteiger partial charge in [0.1, 0.15) is 17.8 Å². The number of benzene rings is 2. The zero-order chi connectivity index (χ0) is 20.4. The first kappa shape index (κ1) is 18.9. The SMILES string of the molecule is COc1ccc2nc(Nc3ncnc(Nc4ccc(C(C)C)cc4)c3N)sc2c1. The van der Waals surface area contributed by atoms with Crippen LogP contribution in [0.3, 0.4) is 0 Å². The molecule has 0 radical (unpaired) electrons. The zero-order valence-corrected chi connectivity index (χ0v) is 17.2. The molecule has 0 aliphatic carbocycles. The van der Waals surface area contributed by atoms with Gasteiger partial charge in [0.25, 0.3) is 0 Å². The van der Waals surface area contributed by atoms with Gasteiger partial charge in [0.2, 0.25) is 0 Å². The van der Waals surface area contributed by atoms with Crippen LogP contribution in [0, 0.1) is 0 Å². The molecule has 4 N–H and O–H groups in total. The predicted octanol–water partition coefficient (Wildman–Crippen LogP) is 5.29. The van der Waals surface area contributed by atoms with E-state index in [0.717, 1.165) is 21.7 Å². The fourth-order valence-electron chi connectivity index (χ4n) is 2.87. The van der Waals surface area contributed by atoms with Gasteiger partial charge < -0.3 is 21.1 Å². The number of fused-ring (bicyclic) bond motifs is 1. The minimum atomic E-state index is 0.428. The van der Waals surface area contributed by atoms with E-state index in [1.165, 1.54) is 23.2 Å². The number of aromatic nitrogens is 3. The van der Waals surface area contributed by atoms with Gasteiger partial charge >= 0.3 is 0 Å². The summed E-state index contributed by atoms with van der Waals surface area (Å²) in [7, 11) is 1.65. The summed E-state index contributed by atoms with van der Waals surface area (Å²) in [5.41, 5.74) is 9.81. The van der Waals surface area contributed by atoms with Gasteiger partial charge in [-0.15, -0.1) is 0 Å². The molecule has 4 rings (SSSR count). The second-order valence-electron chi connectivity index (χ2n) is 6.86. The summed E-state index contributed by atoms with van der Waals surface area (Å²) in [5, 5.41) is 7.16. The van der Waals surface area contributed by atoms with Crippen molar-refractivity contribution in [2.45, 2.75) is 19.8 Å². The molecule has 0 aliphatic rings. The van der Waals surface area contributed by atoms with Crippen molar-refractivity contribution in [1.82, 2.24) is 15.0 Å². The van der Waals surface area contributed by atoms with Crippen LogP contribution in [0.2, 0.25) is 0 Å². The Morgan fingerprint density at radius 1 is 1.00 bits per heavy atom. The third-order valence-corrected chi connectivity index (χ3v) is 5.48. The highest BCUT2D eigenvalue weighted by molar-refractivity contribution is 7.22. The van der Waals surface area contributed by atoms with E-state index in [1.807, 2.05) is 30.3 Å². The first-order valence-corrected chi connectivity index (χ1v) is 10.0. The van der Waals surface area contributed by atoms with Gasteiger partial charge in [-0.2, -0.15) is 0 Å². The molecular formula is C21H22N6OS. The number of nitrogen functional groups attached to an aromatic ring is 1. The number of nitrogens with zero attached hydrogens (tertiary/aromatic N) is 3. The number of methoxy groups -OCH3 is 1. The second kappa shape index (κ2) is 7.92. The molecule has 148 valence electrons. The Balaban J connectivity index is 1.56. The largest absolute Gasteiger partial charge is 0.497 e. The van der Waals surface area contributed by atoms with Crippen molar-refractivity contribution in [2.24, 2.45) is 0 Å². The molecule has 0 fully saturated rings. The number of nitrogens with two attached hydrogens (primary N) is 1.